The minimum atomic E-state index is -0.789. The van der Waals surface area contributed by atoms with E-state index in [0.717, 1.165) is 0 Å². The number of anilines is 1. The van der Waals surface area contributed by atoms with Gasteiger partial charge in [-0.1, -0.05) is 30.4 Å². The summed E-state index contributed by atoms with van der Waals surface area (Å²) in [6.45, 7) is 4.10. The van der Waals surface area contributed by atoms with Crippen molar-refractivity contribution < 1.29 is 23.4 Å². The van der Waals surface area contributed by atoms with Gasteiger partial charge in [-0.05, 0) is 18.0 Å². The number of hydrogen-bond donors (Lipinski definition) is 2. The van der Waals surface area contributed by atoms with Crippen LogP contribution >= 0.6 is 23.8 Å². The molecular weight excluding hydrogens is 525 g/mol. The lowest BCUT2D eigenvalue weighted by molar-refractivity contribution is -0.117. The molecule has 0 spiro atoms. The molecule has 0 bridgehead atoms. The summed E-state index contributed by atoms with van der Waals surface area (Å²) >= 11 is 10.2. The Morgan fingerprint density at radius 2 is 1.95 bits per heavy atom. The number of aromatic nitrogens is 3. The number of nitrogens with zero attached hydrogens (tertiary/aromatic N) is 3. The SMILES string of the molecule is C=CC(=O)NC1COCC1Nc1ncc2cc(-c3c(F)c(OC)cc(OC)c3Cl)c(=O)n(C)c2n1.C=S. The van der Waals surface area contributed by atoms with Gasteiger partial charge in [0.15, 0.2) is 11.6 Å². The summed E-state index contributed by atoms with van der Waals surface area (Å²) in [5, 5.41) is 6.33. The fourth-order valence-electron chi connectivity index (χ4n) is 3.86. The third kappa shape index (κ3) is 5.55. The Labute approximate surface area is 222 Å². The van der Waals surface area contributed by atoms with Crippen LogP contribution in [0.2, 0.25) is 5.02 Å². The van der Waals surface area contributed by atoms with Gasteiger partial charge in [-0.2, -0.15) is 4.98 Å². The van der Waals surface area contributed by atoms with Crippen LogP contribution in [0.1, 0.15) is 0 Å². The molecule has 1 fully saturated rings. The molecule has 1 amide bonds. The molecule has 10 nitrogen and oxygen atoms in total. The van der Waals surface area contributed by atoms with E-state index in [1.165, 1.54) is 50.2 Å². The Hall–Kier alpha value is -3.61. The van der Waals surface area contributed by atoms with Crippen molar-refractivity contribution in [2.75, 3.05) is 32.8 Å². The molecule has 2 unspecified atom stereocenters. The second kappa shape index (κ2) is 12.1. The summed E-state index contributed by atoms with van der Waals surface area (Å²) in [5.41, 5.74) is -0.358. The van der Waals surface area contributed by atoms with Crippen molar-refractivity contribution in [2.45, 2.75) is 12.1 Å². The smallest absolute Gasteiger partial charge is 0.259 e. The predicted molar refractivity (Wildman–Crippen MR) is 143 cm³/mol. The number of carbonyl (C=O) groups excluding carboxylic acids is 1. The second-order valence-corrected chi connectivity index (χ2v) is 8.16. The highest BCUT2D eigenvalue weighted by Crippen LogP contribution is 2.41. The minimum Gasteiger partial charge on any atom is -0.495 e. The third-order valence-corrected chi connectivity index (χ3v) is 6.07. The molecule has 0 saturated carbocycles. The molecule has 2 aromatic heterocycles. The molecule has 13 heteroatoms. The van der Waals surface area contributed by atoms with Gasteiger partial charge in [-0.15, -0.1) is 0 Å². The van der Waals surface area contributed by atoms with Crippen LogP contribution in [0.25, 0.3) is 22.2 Å². The number of nitrogens with one attached hydrogen (secondary N) is 2. The van der Waals surface area contributed by atoms with Gasteiger partial charge in [0, 0.05) is 30.3 Å². The number of methoxy groups -OCH3 is 2. The van der Waals surface area contributed by atoms with E-state index in [1.54, 1.807) is 0 Å². The second-order valence-electron chi connectivity index (χ2n) is 7.79. The highest BCUT2D eigenvalue weighted by atomic mass is 35.5. The summed E-state index contributed by atoms with van der Waals surface area (Å²) in [4.78, 5) is 33.7. The van der Waals surface area contributed by atoms with Crippen LogP contribution in [0.4, 0.5) is 10.3 Å². The van der Waals surface area contributed by atoms with Crippen LogP contribution in [-0.4, -0.2) is 65.8 Å². The number of ether oxygens (including phenoxy) is 3. The fourth-order valence-corrected chi connectivity index (χ4v) is 4.18. The Kier molecular flexibility index (Phi) is 9.14. The number of amides is 1. The van der Waals surface area contributed by atoms with Crippen molar-refractivity contribution in [3.8, 4) is 22.6 Å². The molecular formula is C24H25ClFN5O5S. The van der Waals surface area contributed by atoms with E-state index >= 15 is 4.39 Å². The quantitative estimate of drug-likeness (QED) is 0.339. The largest absolute Gasteiger partial charge is 0.495 e. The number of benzene rings is 1. The molecule has 196 valence electrons. The number of rotatable bonds is 7. The summed E-state index contributed by atoms with van der Waals surface area (Å²) in [5.74, 6) is 2.01. The third-order valence-electron chi connectivity index (χ3n) is 5.70. The van der Waals surface area contributed by atoms with Crippen molar-refractivity contribution in [3.05, 3.63) is 52.2 Å². The Morgan fingerprint density at radius 1 is 1.27 bits per heavy atom. The zero-order chi connectivity index (χ0) is 27.3. The first-order valence-corrected chi connectivity index (χ1v) is 11.8. The lowest BCUT2D eigenvalue weighted by atomic mass is 10.0. The average molecular weight is 550 g/mol. The number of thiocarbonyl (C=S) groups is 1. The number of fused-ring (bicyclic) bond motifs is 1. The van der Waals surface area contributed by atoms with E-state index in [9.17, 15) is 9.59 Å². The Morgan fingerprint density at radius 3 is 2.59 bits per heavy atom. The number of aryl methyl sites for hydroxylation is 1. The molecule has 3 aromatic rings. The maximum atomic E-state index is 15.2. The standard InChI is InChI=1S/C23H23ClFN5O5.CH2S/c1-5-17(31)27-13-9-35-10-14(13)28-23-26-8-11-6-12(22(32)30(2)21(11)29-23)18-19(24)15(33-3)7-16(34-4)20(18)25;1-2/h5-8,13-14H,1,9-10H2,2-4H3,(H,27,31)(H,26,28,29);1H2. The average Bonchev–Trinajstić information content (AvgIpc) is 3.34. The van der Waals surface area contributed by atoms with Gasteiger partial charge in [-0.25, -0.2) is 9.37 Å². The van der Waals surface area contributed by atoms with E-state index in [1.807, 2.05) is 0 Å². The van der Waals surface area contributed by atoms with Gasteiger partial charge >= 0.3 is 0 Å². The van der Waals surface area contributed by atoms with Crippen molar-refractivity contribution in [3.63, 3.8) is 0 Å². The molecule has 0 aliphatic carbocycles. The minimum absolute atomic E-state index is 0.000374. The van der Waals surface area contributed by atoms with Gasteiger partial charge in [0.1, 0.15) is 11.4 Å². The molecule has 1 aliphatic rings. The van der Waals surface area contributed by atoms with Crippen molar-refractivity contribution >= 4 is 52.6 Å². The van der Waals surface area contributed by atoms with Crippen molar-refractivity contribution in [1.82, 2.24) is 19.9 Å². The van der Waals surface area contributed by atoms with Gasteiger partial charge in [0.2, 0.25) is 11.9 Å². The summed E-state index contributed by atoms with van der Waals surface area (Å²) in [6, 6.07) is 2.19. The van der Waals surface area contributed by atoms with E-state index in [4.69, 9.17) is 25.8 Å². The molecule has 2 atom stereocenters. The molecule has 4 rings (SSSR count). The first-order chi connectivity index (χ1) is 17.8. The lowest BCUT2D eigenvalue weighted by Gasteiger charge is -2.20. The topological polar surface area (TPSA) is 117 Å². The molecule has 0 radical (unpaired) electrons. The molecule has 2 N–H and O–H groups in total. The molecule has 37 heavy (non-hydrogen) atoms. The number of halogens is 2. The highest BCUT2D eigenvalue weighted by molar-refractivity contribution is 7.77. The van der Waals surface area contributed by atoms with Crippen LogP contribution in [0.15, 0.2) is 35.8 Å². The maximum Gasteiger partial charge on any atom is 0.259 e. The van der Waals surface area contributed by atoms with Crippen LogP contribution < -0.4 is 25.7 Å². The van der Waals surface area contributed by atoms with Gasteiger partial charge in [0.25, 0.3) is 5.56 Å². The van der Waals surface area contributed by atoms with E-state index in [0.29, 0.717) is 24.2 Å². The Balaban J connectivity index is 0.00000186. The lowest BCUT2D eigenvalue weighted by Crippen LogP contribution is -2.45. The predicted octanol–water partition coefficient (Wildman–Crippen LogP) is 2.90. The first-order valence-electron chi connectivity index (χ1n) is 10.8. The van der Waals surface area contributed by atoms with Crippen LogP contribution in [0.5, 0.6) is 11.5 Å². The summed E-state index contributed by atoms with van der Waals surface area (Å²) < 4.78 is 32.2. The number of carbonyl (C=O) groups is 1. The van der Waals surface area contributed by atoms with Crippen LogP contribution in [0.3, 0.4) is 0 Å². The maximum absolute atomic E-state index is 15.2. The van der Waals surface area contributed by atoms with Gasteiger partial charge in [0.05, 0.1) is 50.1 Å². The van der Waals surface area contributed by atoms with E-state index in [-0.39, 0.29) is 51.6 Å². The normalized spacial score (nSPS) is 16.5. The molecule has 1 aromatic carbocycles. The zero-order valence-corrected chi connectivity index (χ0v) is 21.9. The molecule has 1 aliphatic heterocycles. The van der Waals surface area contributed by atoms with Gasteiger partial charge in [-0.3, -0.25) is 14.2 Å². The summed E-state index contributed by atoms with van der Waals surface area (Å²) in [6.07, 6.45) is 2.69. The highest BCUT2D eigenvalue weighted by Gasteiger charge is 2.30. The number of pyridine rings is 1. The van der Waals surface area contributed by atoms with E-state index in [2.05, 4.69) is 45.3 Å². The van der Waals surface area contributed by atoms with Crippen molar-refractivity contribution in [1.29, 1.82) is 0 Å². The van der Waals surface area contributed by atoms with Crippen LogP contribution in [-0.2, 0) is 16.6 Å². The monoisotopic (exact) mass is 549 g/mol. The van der Waals surface area contributed by atoms with Crippen LogP contribution in [0, 0.1) is 5.82 Å². The number of hydrogen-bond acceptors (Lipinski definition) is 9. The zero-order valence-electron chi connectivity index (χ0n) is 20.3. The van der Waals surface area contributed by atoms with E-state index < -0.39 is 11.4 Å². The fraction of sp³-hybridized carbons (Fsp3) is 0.292. The van der Waals surface area contributed by atoms with Gasteiger partial charge < -0.3 is 24.8 Å². The molecule has 3 heterocycles. The molecule has 1 saturated heterocycles. The first kappa shape index (κ1) is 28.0. The Bertz CT molecular complexity index is 1370. The summed E-state index contributed by atoms with van der Waals surface area (Å²) in [7, 11) is 4.20. The van der Waals surface area contributed by atoms with Crippen molar-refractivity contribution in [2.24, 2.45) is 7.05 Å².